The molecule has 0 atom stereocenters. The normalized spacial score (nSPS) is 12.5. The van der Waals surface area contributed by atoms with Gasteiger partial charge in [0.25, 0.3) is 9.84 Å². The predicted octanol–water partition coefficient (Wildman–Crippen LogP) is 3.26. The standard InChI is InChI=1S/C16H21F3N4O2S/c1-3-22(4-2)9-10-23-12-13(11-20-23)21-14-7-5-6-8-15(14)26(24,25)16(17,18)19/h5-8,11-12,21H,3-4,9-10H2,1-2H3. The molecule has 26 heavy (non-hydrogen) atoms. The Morgan fingerprint density at radius 3 is 2.46 bits per heavy atom. The first kappa shape index (κ1) is 20.2. The fourth-order valence-corrected chi connectivity index (χ4v) is 3.33. The van der Waals surface area contributed by atoms with E-state index in [2.05, 4.69) is 29.2 Å². The maximum absolute atomic E-state index is 12.8. The summed E-state index contributed by atoms with van der Waals surface area (Å²) in [6.45, 7) is 7.32. The van der Waals surface area contributed by atoms with Crippen molar-refractivity contribution in [2.24, 2.45) is 0 Å². The predicted molar refractivity (Wildman–Crippen MR) is 93.0 cm³/mol. The molecule has 0 bridgehead atoms. The van der Waals surface area contributed by atoms with Gasteiger partial charge in [0, 0.05) is 12.7 Å². The molecule has 1 aromatic heterocycles. The molecule has 0 unspecified atom stereocenters. The summed E-state index contributed by atoms with van der Waals surface area (Å²) in [5, 5.41) is 6.86. The second-order valence-corrected chi connectivity index (χ2v) is 7.50. The molecule has 144 valence electrons. The van der Waals surface area contributed by atoms with Crippen LogP contribution in [0, 0.1) is 0 Å². The summed E-state index contributed by atoms with van der Waals surface area (Å²) >= 11 is 0. The number of hydrogen-bond acceptors (Lipinski definition) is 5. The number of nitrogens with one attached hydrogen (secondary N) is 1. The minimum Gasteiger partial charge on any atom is -0.352 e. The lowest BCUT2D eigenvalue weighted by atomic mass is 10.3. The lowest BCUT2D eigenvalue weighted by molar-refractivity contribution is -0.0435. The Bertz CT molecular complexity index is 830. The first-order chi connectivity index (χ1) is 12.2. The average Bonchev–Trinajstić information content (AvgIpc) is 3.02. The van der Waals surface area contributed by atoms with Gasteiger partial charge in [0.1, 0.15) is 0 Å². The first-order valence-corrected chi connectivity index (χ1v) is 9.59. The van der Waals surface area contributed by atoms with Crippen molar-refractivity contribution in [2.75, 3.05) is 25.0 Å². The van der Waals surface area contributed by atoms with E-state index in [0.717, 1.165) is 25.7 Å². The number of nitrogens with zero attached hydrogens (tertiary/aromatic N) is 3. The summed E-state index contributed by atoms with van der Waals surface area (Å²) in [7, 11) is -5.45. The number of anilines is 2. The van der Waals surface area contributed by atoms with Crippen LogP contribution in [-0.4, -0.2) is 48.2 Å². The second-order valence-electron chi connectivity index (χ2n) is 5.59. The van der Waals surface area contributed by atoms with Crippen LogP contribution in [0.4, 0.5) is 24.5 Å². The van der Waals surface area contributed by atoms with E-state index in [-0.39, 0.29) is 5.69 Å². The Balaban J connectivity index is 2.18. The molecule has 0 aliphatic heterocycles. The highest BCUT2D eigenvalue weighted by atomic mass is 32.2. The number of para-hydroxylation sites is 1. The quantitative estimate of drug-likeness (QED) is 0.749. The maximum Gasteiger partial charge on any atom is 0.501 e. The number of aromatic nitrogens is 2. The van der Waals surface area contributed by atoms with Gasteiger partial charge in [-0.1, -0.05) is 26.0 Å². The van der Waals surface area contributed by atoms with Crippen LogP contribution in [0.3, 0.4) is 0 Å². The van der Waals surface area contributed by atoms with Crippen molar-refractivity contribution in [2.45, 2.75) is 30.8 Å². The third kappa shape index (κ3) is 4.55. The summed E-state index contributed by atoms with van der Waals surface area (Å²) in [5.74, 6) is 0. The number of benzene rings is 1. The Morgan fingerprint density at radius 1 is 1.19 bits per heavy atom. The topological polar surface area (TPSA) is 67.2 Å². The summed E-state index contributed by atoms with van der Waals surface area (Å²) in [6.07, 6.45) is 3.07. The van der Waals surface area contributed by atoms with Gasteiger partial charge in [-0.3, -0.25) is 4.68 Å². The molecule has 1 heterocycles. The van der Waals surface area contributed by atoms with E-state index in [1.165, 1.54) is 24.4 Å². The molecule has 2 aromatic rings. The van der Waals surface area contributed by atoms with Crippen LogP contribution in [0.5, 0.6) is 0 Å². The molecular weight excluding hydrogens is 369 g/mol. The maximum atomic E-state index is 12.8. The number of likely N-dealkylation sites (N-methyl/N-ethyl adjacent to an activating group) is 1. The summed E-state index contributed by atoms with van der Waals surface area (Å²) < 4.78 is 63.6. The van der Waals surface area contributed by atoms with E-state index in [1.54, 1.807) is 10.9 Å². The molecule has 0 fully saturated rings. The van der Waals surface area contributed by atoms with E-state index in [1.807, 2.05) is 0 Å². The third-order valence-electron chi connectivity index (χ3n) is 3.93. The molecule has 0 spiro atoms. The Kier molecular flexibility index (Phi) is 6.30. The Labute approximate surface area is 150 Å². The molecule has 2 rings (SSSR count). The summed E-state index contributed by atoms with van der Waals surface area (Å²) in [5.41, 5.74) is -5.10. The van der Waals surface area contributed by atoms with Crippen LogP contribution in [0.2, 0.25) is 0 Å². The minimum atomic E-state index is -5.45. The molecule has 0 aliphatic carbocycles. The number of halogens is 3. The van der Waals surface area contributed by atoms with Gasteiger partial charge in [0.05, 0.1) is 29.0 Å². The lowest BCUT2D eigenvalue weighted by Crippen LogP contribution is -2.27. The molecule has 10 heteroatoms. The SMILES string of the molecule is CCN(CC)CCn1cc(Nc2ccccc2S(=O)(=O)C(F)(F)F)cn1. The first-order valence-electron chi connectivity index (χ1n) is 8.11. The van der Waals surface area contributed by atoms with Crippen molar-refractivity contribution in [3.8, 4) is 0 Å². The van der Waals surface area contributed by atoms with Crippen molar-refractivity contribution in [3.63, 3.8) is 0 Å². The largest absolute Gasteiger partial charge is 0.501 e. The molecule has 0 amide bonds. The van der Waals surface area contributed by atoms with Crippen LogP contribution in [0.1, 0.15) is 13.8 Å². The van der Waals surface area contributed by atoms with E-state index in [9.17, 15) is 21.6 Å². The molecule has 6 nitrogen and oxygen atoms in total. The molecule has 1 aromatic carbocycles. The molecule has 1 N–H and O–H groups in total. The number of sulfone groups is 1. The average molecular weight is 390 g/mol. The number of hydrogen-bond donors (Lipinski definition) is 1. The Morgan fingerprint density at radius 2 is 1.85 bits per heavy atom. The van der Waals surface area contributed by atoms with Crippen LogP contribution >= 0.6 is 0 Å². The lowest BCUT2D eigenvalue weighted by Gasteiger charge is -2.17. The van der Waals surface area contributed by atoms with Crippen LogP contribution in [0.15, 0.2) is 41.6 Å². The van der Waals surface area contributed by atoms with E-state index in [4.69, 9.17) is 0 Å². The highest BCUT2D eigenvalue weighted by Crippen LogP contribution is 2.35. The van der Waals surface area contributed by atoms with Crippen LogP contribution in [-0.2, 0) is 16.4 Å². The highest BCUT2D eigenvalue weighted by Gasteiger charge is 2.47. The van der Waals surface area contributed by atoms with Gasteiger partial charge in [0.15, 0.2) is 0 Å². The fourth-order valence-electron chi connectivity index (χ4n) is 2.42. The van der Waals surface area contributed by atoms with Crippen LogP contribution < -0.4 is 5.32 Å². The van der Waals surface area contributed by atoms with E-state index < -0.39 is 20.2 Å². The van der Waals surface area contributed by atoms with Crippen molar-refractivity contribution >= 4 is 21.2 Å². The third-order valence-corrected chi connectivity index (χ3v) is 5.48. The van der Waals surface area contributed by atoms with Crippen molar-refractivity contribution in [1.82, 2.24) is 14.7 Å². The van der Waals surface area contributed by atoms with Crippen LogP contribution in [0.25, 0.3) is 0 Å². The van der Waals surface area contributed by atoms with Gasteiger partial charge in [0.2, 0.25) is 0 Å². The fraction of sp³-hybridized carbons (Fsp3) is 0.438. The van der Waals surface area contributed by atoms with Gasteiger partial charge in [-0.15, -0.1) is 0 Å². The highest BCUT2D eigenvalue weighted by molar-refractivity contribution is 7.92. The van der Waals surface area contributed by atoms with Gasteiger partial charge >= 0.3 is 5.51 Å². The van der Waals surface area contributed by atoms with Gasteiger partial charge in [-0.05, 0) is 25.2 Å². The number of rotatable bonds is 8. The van der Waals surface area contributed by atoms with E-state index >= 15 is 0 Å². The molecule has 0 saturated heterocycles. The van der Waals surface area contributed by atoms with Gasteiger partial charge in [-0.2, -0.15) is 18.3 Å². The number of alkyl halides is 3. The zero-order valence-electron chi connectivity index (χ0n) is 14.5. The Hall–Kier alpha value is -2.07. The van der Waals surface area contributed by atoms with Crippen molar-refractivity contribution in [1.29, 1.82) is 0 Å². The van der Waals surface area contributed by atoms with Crippen molar-refractivity contribution in [3.05, 3.63) is 36.7 Å². The minimum absolute atomic E-state index is 0.145. The van der Waals surface area contributed by atoms with Gasteiger partial charge < -0.3 is 10.2 Å². The monoisotopic (exact) mass is 390 g/mol. The molecular formula is C16H21F3N4O2S. The molecule has 0 saturated carbocycles. The van der Waals surface area contributed by atoms with Gasteiger partial charge in [-0.25, -0.2) is 8.42 Å². The molecule has 0 radical (unpaired) electrons. The van der Waals surface area contributed by atoms with E-state index in [0.29, 0.717) is 12.2 Å². The summed E-state index contributed by atoms with van der Waals surface area (Å²) in [6, 6.07) is 4.92. The smallest absolute Gasteiger partial charge is 0.352 e. The van der Waals surface area contributed by atoms with Crippen molar-refractivity contribution < 1.29 is 21.6 Å². The summed E-state index contributed by atoms with van der Waals surface area (Å²) in [4.78, 5) is 1.39. The zero-order valence-corrected chi connectivity index (χ0v) is 15.3. The zero-order chi connectivity index (χ0) is 19.4. The second kappa shape index (κ2) is 8.09. The molecule has 0 aliphatic rings.